The molecule has 180 valence electrons. The maximum atomic E-state index is 13.1. The number of carbonyl (C=O) groups excluding carboxylic acids is 3. The summed E-state index contributed by atoms with van der Waals surface area (Å²) in [5.74, 6) is -5.00. The number of hydrogen-bond donors (Lipinski definition) is 2. The molecule has 0 saturated heterocycles. The second-order valence-corrected chi connectivity index (χ2v) is 8.68. The van der Waals surface area contributed by atoms with Crippen LogP contribution in [-0.2, 0) is 19.1 Å². The summed E-state index contributed by atoms with van der Waals surface area (Å²) in [6, 6.07) is 18.0. The van der Waals surface area contributed by atoms with Crippen molar-refractivity contribution in [2.45, 2.75) is 12.2 Å². The zero-order valence-electron chi connectivity index (χ0n) is 17.6. The molecule has 11 heteroatoms. The van der Waals surface area contributed by atoms with Crippen molar-refractivity contribution in [3.63, 3.8) is 0 Å². The van der Waals surface area contributed by atoms with Crippen molar-refractivity contribution in [3.05, 3.63) is 98.4 Å². The third-order valence-corrected chi connectivity index (χ3v) is 5.68. The highest BCUT2D eigenvalue weighted by Crippen LogP contribution is 2.22. The number of aliphatic carboxylic acids is 1. The Balaban J connectivity index is 1.94. The van der Waals surface area contributed by atoms with E-state index in [1.807, 2.05) is 0 Å². The second-order valence-electron chi connectivity index (χ2n) is 6.95. The van der Waals surface area contributed by atoms with Crippen LogP contribution in [0.5, 0.6) is 0 Å². The maximum absolute atomic E-state index is 13.1. The van der Waals surface area contributed by atoms with Crippen LogP contribution in [0.4, 0.5) is 5.69 Å². The number of nitrogens with one attached hydrogen (secondary N) is 1. The highest BCUT2D eigenvalue weighted by atomic mass is 79.9. The molecule has 0 bridgehead atoms. The summed E-state index contributed by atoms with van der Waals surface area (Å²) in [4.78, 5) is 50.6. The lowest BCUT2D eigenvalue weighted by atomic mass is 10.1. The van der Waals surface area contributed by atoms with E-state index in [0.717, 1.165) is 0 Å². The summed E-state index contributed by atoms with van der Waals surface area (Å²) in [6.45, 7) is 0. The van der Waals surface area contributed by atoms with E-state index in [0.29, 0.717) is 4.47 Å². The van der Waals surface area contributed by atoms with E-state index in [4.69, 9.17) is 32.7 Å². The van der Waals surface area contributed by atoms with Crippen LogP contribution in [0.3, 0.4) is 0 Å². The summed E-state index contributed by atoms with van der Waals surface area (Å²) in [7, 11) is 0. The molecule has 0 spiro atoms. The molecular weight excluding hydrogens is 565 g/mol. The number of ether oxygens (including phenoxy) is 2. The first-order valence-corrected chi connectivity index (χ1v) is 11.4. The smallest absolute Gasteiger partial charge is 0.349 e. The van der Waals surface area contributed by atoms with Crippen LogP contribution in [0, 0.1) is 0 Å². The lowest BCUT2D eigenvalue weighted by molar-refractivity contribution is -0.157. The quantitative estimate of drug-likeness (QED) is 0.350. The Morgan fingerprint density at radius 1 is 0.771 bits per heavy atom. The molecule has 0 radical (unpaired) electrons. The summed E-state index contributed by atoms with van der Waals surface area (Å²) in [5.41, 5.74) is 0.0183. The number of esters is 2. The highest BCUT2D eigenvalue weighted by molar-refractivity contribution is 9.10. The highest BCUT2D eigenvalue weighted by Gasteiger charge is 2.41. The Morgan fingerprint density at radius 2 is 1.29 bits per heavy atom. The average molecular weight is 581 g/mol. The fraction of sp³-hybridized carbons (Fsp3) is 0.0833. The molecular formula is C24H16BrCl2NO7. The number of benzene rings is 3. The molecule has 1 amide bonds. The number of carboxylic acid groups (broad SMARTS) is 1. The number of amides is 1. The molecule has 2 N–H and O–H groups in total. The van der Waals surface area contributed by atoms with E-state index < -0.39 is 36.0 Å². The Kier molecular flexibility index (Phi) is 8.86. The van der Waals surface area contributed by atoms with Crippen molar-refractivity contribution in [1.29, 1.82) is 0 Å². The number of carbonyl (C=O) groups is 4. The van der Waals surface area contributed by atoms with Crippen LogP contribution in [0.15, 0.2) is 77.3 Å². The molecule has 0 aromatic heterocycles. The topological polar surface area (TPSA) is 119 Å². The summed E-state index contributed by atoms with van der Waals surface area (Å²) < 4.78 is 10.9. The van der Waals surface area contributed by atoms with Gasteiger partial charge in [-0.1, -0.05) is 69.5 Å². The van der Waals surface area contributed by atoms with Gasteiger partial charge in [0, 0.05) is 10.2 Å². The summed E-state index contributed by atoms with van der Waals surface area (Å²) >= 11 is 15.3. The van der Waals surface area contributed by atoms with Crippen LogP contribution in [-0.4, -0.2) is 41.1 Å². The minimum absolute atomic E-state index is 0.00448. The lowest BCUT2D eigenvalue weighted by Crippen LogP contribution is -2.48. The number of anilines is 1. The molecule has 0 unspecified atom stereocenters. The van der Waals surface area contributed by atoms with Crippen molar-refractivity contribution >= 4 is 68.6 Å². The first-order valence-electron chi connectivity index (χ1n) is 9.87. The van der Waals surface area contributed by atoms with Gasteiger partial charge < -0.3 is 19.9 Å². The molecule has 3 aromatic carbocycles. The van der Waals surface area contributed by atoms with Gasteiger partial charge in [-0.25, -0.2) is 14.4 Å². The van der Waals surface area contributed by atoms with Crippen molar-refractivity contribution in [2.24, 2.45) is 0 Å². The molecule has 0 aliphatic rings. The minimum Gasteiger partial charge on any atom is -0.478 e. The van der Waals surface area contributed by atoms with Gasteiger partial charge >= 0.3 is 17.9 Å². The van der Waals surface area contributed by atoms with Gasteiger partial charge in [0.1, 0.15) is 0 Å². The predicted octanol–water partition coefficient (Wildman–Crippen LogP) is 5.23. The van der Waals surface area contributed by atoms with Gasteiger partial charge in [-0.2, -0.15) is 0 Å². The molecule has 0 fully saturated rings. The zero-order valence-corrected chi connectivity index (χ0v) is 20.7. The molecule has 0 heterocycles. The van der Waals surface area contributed by atoms with E-state index >= 15 is 0 Å². The molecule has 3 rings (SSSR count). The van der Waals surface area contributed by atoms with E-state index in [1.54, 1.807) is 24.3 Å². The van der Waals surface area contributed by atoms with E-state index in [2.05, 4.69) is 21.2 Å². The summed E-state index contributed by atoms with van der Waals surface area (Å²) in [6.07, 6.45) is -4.29. The molecule has 8 nitrogen and oxygen atoms in total. The molecule has 0 saturated carbocycles. The van der Waals surface area contributed by atoms with Crippen LogP contribution >= 0.6 is 39.1 Å². The predicted molar refractivity (Wildman–Crippen MR) is 132 cm³/mol. The van der Waals surface area contributed by atoms with Crippen LogP contribution in [0.25, 0.3) is 0 Å². The lowest BCUT2D eigenvalue weighted by Gasteiger charge is -2.24. The van der Waals surface area contributed by atoms with Crippen LogP contribution in [0.1, 0.15) is 20.7 Å². The van der Waals surface area contributed by atoms with Gasteiger partial charge in [0.25, 0.3) is 5.91 Å². The first-order chi connectivity index (χ1) is 16.7. The van der Waals surface area contributed by atoms with Crippen LogP contribution < -0.4 is 5.32 Å². The largest absolute Gasteiger partial charge is 0.478 e. The summed E-state index contributed by atoms with van der Waals surface area (Å²) in [5, 5.41) is 12.3. The Bertz CT molecular complexity index is 1280. The van der Waals surface area contributed by atoms with Crippen LogP contribution in [0.2, 0.25) is 10.0 Å². The number of rotatable bonds is 8. The Hall–Kier alpha value is -3.40. The van der Waals surface area contributed by atoms with Gasteiger partial charge in [0.2, 0.25) is 12.2 Å². The van der Waals surface area contributed by atoms with E-state index in [9.17, 15) is 24.3 Å². The first kappa shape index (κ1) is 26.2. The van der Waals surface area contributed by atoms with E-state index in [1.165, 1.54) is 48.5 Å². The Labute approximate surface area is 217 Å². The third kappa shape index (κ3) is 6.82. The normalized spacial score (nSPS) is 12.2. The minimum atomic E-state index is -2.21. The third-order valence-electron chi connectivity index (χ3n) is 4.52. The second kappa shape index (κ2) is 11.8. The van der Waals surface area contributed by atoms with Crippen molar-refractivity contribution in [3.8, 4) is 0 Å². The molecule has 0 aliphatic carbocycles. The standard InChI is InChI=1S/C24H16BrCl2NO7/c25-13-6-5-7-14(12-13)28-21(29)19(34-23(32)15-8-1-3-10-17(15)26)20(22(30)31)35-24(33)16-9-2-4-11-18(16)27/h1-12,19-20H,(H,28,29)(H,30,31)/t19-,20-/m1/s1. The number of carboxylic acids is 1. The molecule has 0 aliphatic heterocycles. The van der Waals surface area contributed by atoms with Gasteiger partial charge in [0.15, 0.2) is 0 Å². The maximum Gasteiger partial charge on any atom is 0.349 e. The van der Waals surface area contributed by atoms with Crippen molar-refractivity contribution < 1.29 is 33.8 Å². The molecule has 2 atom stereocenters. The molecule has 3 aromatic rings. The Morgan fingerprint density at radius 3 is 1.77 bits per heavy atom. The SMILES string of the molecule is O=C(O[C@@H](C(=O)O)[C@@H](OC(=O)c1ccccc1Cl)C(=O)Nc1cccc(Br)c1)c1ccccc1Cl. The van der Waals surface area contributed by atoms with Crippen molar-refractivity contribution in [1.82, 2.24) is 0 Å². The zero-order chi connectivity index (χ0) is 25.5. The average Bonchev–Trinajstić information content (AvgIpc) is 2.81. The van der Waals surface area contributed by atoms with Crippen molar-refractivity contribution in [2.75, 3.05) is 5.32 Å². The fourth-order valence-electron chi connectivity index (χ4n) is 2.89. The molecule has 35 heavy (non-hydrogen) atoms. The van der Waals surface area contributed by atoms with Gasteiger partial charge in [0.05, 0.1) is 21.2 Å². The van der Waals surface area contributed by atoms with E-state index in [-0.39, 0.29) is 26.9 Å². The number of halogens is 3. The van der Waals surface area contributed by atoms with Gasteiger partial charge in [-0.3, -0.25) is 4.79 Å². The number of hydrogen-bond acceptors (Lipinski definition) is 6. The monoisotopic (exact) mass is 579 g/mol. The fourth-order valence-corrected chi connectivity index (χ4v) is 3.71. The van der Waals surface area contributed by atoms with Gasteiger partial charge in [-0.15, -0.1) is 0 Å². The van der Waals surface area contributed by atoms with Gasteiger partial charge in [-0.05, 0) is 42.5 Å².